The summed E-state index contributed by atoms with van der Waals surface area (Å²) < 4.78 is 24.8. The topological polar surface area (TPSA) is 52.0 Å². The molecule has 0 aliphatic heterocycles. The Morgan fingerprint density at radius 3 is 2.50 bits per heavy atom. The first-order chi connectivity index (χ1) is 7.33. The van der Waals surface area contributed by atoms with E-state index in [-0.39, 0.29) is 16.4 Å². The number of hydrogen-bond donors (Lipinski definition) is 0. The average molecular weight is 265 g/mol. The number of hydrogen-bond acceptors (Lipinski definition) is 3. The van der Waals surface area contributed by atoms with Crippen molar-refractivity contribution in [3.8, 4) is 0 Å². The van der Waals surface area contributed by atoms with Crippen LogP contribution in [0.5, 0.6) is 0 Å². The van der Waals surface area contributed by atoms with E-state index < -0.39 is 9.84 Å². The molecule has 0 radical (unpaired) electrons. The Morgan fingerprint density at radius 2 is 2.06 bits per heavy atom. The molecule has 0 aromatic carbocycles. The zero-order chi connectivity index (χ0) is 12.3. The Kier molecular flexibility index (Phi) is 4.38. The molecule has 1 aromatic rings. The third kappa shape index (κ3) is 3.49. The molecule has 6 heteroatoms. The van der Waals surface area contributed by atoms with Crippen molar-refractivity contribution >= 4 is 21.4 Å². The second-order valence-corrected chi connectivity index (χ2v) is 7.40. The molecule has 0 N–H and O–H groups in total. The summed E-state index contributed by atoms with van der Waals surface area (Å²) in [6.07, 6.45) is 3.45. The summed E-state index contributed by atoms with van der Waals surface area (Å²) in [5.74, 6) is 0.114. The predicted molar refractivity (Wildman–Crippen MR) is 65.4 cm³/mol. The van der Waals surface area contributed by atoms with Crippen LogP contribution in [0.25, 0.3) is 0 Å². The van der Waals surface area contributed by atoms with E-state index in [1.807, 2.05) is 6.92 Å². The smallest absolute Gasteiger partial charge is 0.154 e. The van der Waals surface area contributed by atoms with E-state index in [0.29, 0.717) is 6.54 Å². The van der Waals surface area contributed by atoms with E-state index in [1.165, 1.54) is 0 Å². The molecular weight excluding hydrogens is 248 g/mol. The first kappa shape index (κ1) is 13.5. The van der Waals surface area contributed by atoms with Crippen LogP contribution < -0.4 is 0 Å². The van der Waals surface area contributed by atoms with Gasteiger partial charge < -0.3 is 0 Å². The maximum atomic E-state index is 11.6. The molecule has 0 aliphatic rings. The third-order valence-electron chi connectivity index (χ3n) is 2.44. The van der Waals surface area contributed by atoms with E-state index in [1.54, 1.807) is 30.9 Å². The zero-order valence-electron chi connectivity index (χ0n) is 9.72. The van der Waals surface area contributed by atoms with Gasteiger partial charge in [0, 0.05) is 11.8 Å². The molecule has 0 saturated heterocycles. The van der Waals surface area contributed by atoms with Gasteiger partial charge in [-0.2, -0.15) is 5.10 Å². The molecular formula is C10H17ClN2O2S. The van der Waals surface area contributed by atoms with Crippen LogP contribution in [0.1, 0.15) is 31.7 Å². The van der Waals surface area contributed by atoms with Crippen LogP contribution in [0.2, 0.25) is 0 Å². The van der Waals surface area contributed by atoms with Gasteiger partial charge >= 0.3 is 0 Å². The molecule has 4 nitrogen and oxygen atoms in total. The third-order valence-corrected chi connectivity index (χ3v) is 4.88. The van der Waals surface area contributed by atoms with Crippen LogP contribution in [0.4, 0.5) is 0 Å². The van der Waals surface area contributed by atoms with Gasteiger partial charge in [-0.25, -0.2) is 8.42 Å². The van der Waals surface area contributed by atoms with Crippen molar-refractivity contribution in [2.45, 2.75) is 37.9 Å². The van der Waals surface area contributed by atoms with Crippen molar-refractivity contribution in [3.63, 3.8) is 0 Å². The van der Waals surface area contributed by atoms with Crippen LogP contribution in [-0.4, -0.2) is 29.2 Å². The van der Waals surface area contributed by atoms with Gasteiger partial charge in [0.15, 0.2) is 9.84 Å². The summed E-state index contributed by atoms with van der Waals surface area (Å²) in [5, 5.41) is 3.63. The fourth-order valence-corrected chi connectivity index (χ4v) is 2.19. The predicted octanol–water partition coefficient (Wildman–Crippen LogP) is 2.01. The van der Waals surface area contributed by atoms with Crippen molar-refractivity contribution in [2.75, 3.05) is 5.75 Å². The van der Waals surface area contributed by atoms with Crippen molar-refractivity contribution in [1.82, 2.24) is 9.78 Å². The molecule has 92 valence electrons. The van der Waals surface area contributed by atoms with Gasteiger partial charge in [0.25, 0.3) is 0 Å². The molecule has 0 saturated carbocycles. The van der Waals surface area contributed by atoms with Crippen molar-refractivity contribution in [1.29, 1.82) is 0 Å². The Hall–Kier alpha value is -0.550. The van der Waals surface area contributed by atoms with Crippen LogP contribution in [0.15, 0.2) is 12.4 Å². The molecule has 1 unspecified atom stereocenters. The molecule has 0 fully saturated rings. The highest BCUT2D eigenvalue weighted by Gasteiger charge is 2.16. The van der Waals surface area contributed by atoms with Crippen molar-refractivity contribution in [2.24, 2.45) is 0 Å². The summed E-state index contributed by atoms with van der Waals surface area (Å²) in [6.45, 7) is 5.60. The van der Waals surface area contributed by atoms with Gasteiger partial charge in [0.1, 0.15) is 0 Å². The Bertz CT molecular complexity index is 437. The van der Waals surface area contributed by atoms with Crippen LogP contribution >= 0.6 is 11.6 Å². The fourth-order valence-electron chi connectivity index (χ4n) is 1.16. The summed E-state index contributed by atoms with van der Waals surface area (Å²) >= 11 is 5.89. The first-order valence-electron chi connectivity index (χ1n) is 5.21. The van der Waals surface area contributed by atoms with Gasteiger partial charge in [-0.05, 0) is 20.8 Å². The molecule has 0 amide bonds. The second-order valence-electron chi connectivity index (χ2n) is 4.07. The standard InChI is InChI=1S/C10H17ClN2O2S/c1-8(2)16(14,15)5-4-13-7-10(6-12-13)9(3)11/h6-9H,4-5H2,1-3H3. The first-order valence-corrected chi connectivity index (χ1v) is 7.36. The lowest BCUT2D eigenvalue weighted by atomic mass is 10.3. The minimum absolute atomic E-state index is 0.101. The zero-order valence-corrected chi connectivity index (χ0v) is 11.3. The van der Waals surface area contributed by atoms with Crippen LogP contribution in [0.3, 0.4) is 0 Å². The van der Waals surface area contributed by atoms with Gasteiger partial charge in [-0.15, -0.1) is 11.6 Å². The van der Waals surface area contributed by atoms with E-state index in [9.17, 15) is 8.42 Å². The van der Waals surface area contributed by atoms with Gasteiger partial charge in [-0.1, -0.05) is 0 Å². The molecule has 1 rings (SSSR count). The lowest BCUT2D eigenvalue weighted by Gasteiger charge is -2.07. The average Bonchev–Trinajstić information content (AvgIpc) is 2.63. The Balaban J connectivity index is 2.62. The minimum Gasteiger partial charge on any atom is -0.271 e. The number of halogens is 1. The summed E-state index contributed by atoms with van der Waals surface area (Å²) in [6, 6.07) is 0. The maximum Gasteiger partial charge on any atom is 0.154 e. The Morgan fingerprint density at radius 1 is 1.44 bits per heavy atom. The van der Waals surface area contributed by atoms with E-state index >= 15 is 0 Å². The number of alkyl halides is 1. The maximum absolute atomic E-state index is 11.6. The molecule has 1 heterocycles. The molecule has 0 aliphatic carbocycles. The second kappa shape index (κ2) is 5.19. The number of aryl methyl sites for hydroxylation is 1. The molecule has 16 heavy (non-hydrogen) atoms. The lowest BCUT2D eigenvalue weighted by molar-refractivity contribution is 0.572. The van der Waals surface area contributed by atoms with Crippen molar-refractivity contribution in [3.05, 3.63) is 18.0 Å². The largest absolute Gasteiger partial charge is 0.271 e. The highest BCUT2D eigenvalue weighted by Crippen LogP contribution is 2.17. The summed E-state index contributed by atoms with van der Waals surface area (Å²) in [4.78, 5) is 0. The SMILES string of the molecule is CC(Cl)c1cnn(CCS(=O)(=O)C(C)C)c1. The molecule has 1 atom stereocenters. The van der Waals surface area contributed by atoms with E-state index in [2.05, 4.69) is 5.10 Å². The quantitative estimate of drug-likeness (QED) is 0.765. The number of sulfone groups is 1. The molecule has 0 spiro atoms. The normalized spacial score (nSPS) is 14.3. The Labute approximate surface area is 102 Å². The number of nitrogens with zero attached hydrogens (tertiary/aromatic N) is 2. The number of rotatable bonds is 5. The lowest BCUT2D eigenvalue weighted by Crippen LogP contribution is -2.21. The highest BCUT2D eigenvalue weighted by molar-refractivity contribution is 7.91. The van der Waals surface area contributed by atoms with Crippen LogP contribution in [0, 0.1) is 0 Å². The fraction of sp³-hybridized carbons (Fsp3) is 0.700. The molecule has 1 aromatic heterocycles. The molecule has 0 bridgehead atoms. The van der Waals surface area contributed by atoms with Crippen LogP contribution in [-0.2, 0) is 16.4 Å². The minimum atomic E-state index is -3.00. The highest BCUT2D eigenvalue weighted by atomic mass is 35.5. The monoisotopic (exact) mass is 264 g/mol. The van der Waals surface area contributed by atoms with Gasteiger partial charge in [0.05, 0.1) is 29.1 Å². The van der Waals surface area contributed by atoms with E-state index in [0.717, 1.165) is 5.56 Å². The number of aromatic nitrogens is 2. The summed E-state index contributed by atoms with van der Waals surface area (Å²) in [7, 11) is -3.00. The summed E-state index contributed by atoms with van der Waals surface area (Å²) in [5.41, 5.74) is 0.906. The van der Waals surface area contributed by atoms with Crippen molar-refractivity contribution < 1.29 is 8.42 Å². The van der Waals surface area contributed by atoms with E-state index in [4.69, 9.17) is 11.6 Å². The van der Waals surface area contributed by atoms with Gasteiger partial charge in [0.2, 0.25) is 0 Å². The van der Waals surface area contributed by atoms with Gasteiger partial charge in [-0.3, -0.25) is 4.68 Å².